The van der Waals surface area contributed by atoms with E-state index in [1.807, 2.05) is 43.3 Å². The number of aromatic nitrogens is 2. The fourth-order valence-electron chi connectivity index (χ4n) is 2.86. The SMILES string of the molecule is Cc1nc(Nc2ccccc2)cc(N2CCCC(C(N)=O)C2)n1. The number of carbonyl (C=O) groups excluding carboxylic acids is 1. The highest BCUT2D eigenvalue weighted by atomic mass is 16.1. The molecule has 6 nitrogen and oxygen atoms in total. The zero-order valence-electron chi connectivity index (χ0n) is 13.2. The quantitative estimate of drug-likeness (QED) is 0.904. The first-order valence-corrected chi connectivity index (χ1v) is 7.84. The largest absolute Gasteiger partial charge is 0.369 e. The first-order chi connectivity index (χ1) is 11.1. The van der Waals surface area contributed by atoms with Crippen molar-refractivity contribution in [1.82, 2.24) is 9.97 Å². The lowest BCUT2D eigenvalue weighted by atomic mass is 9.97. The number of nitrogens with zero attached hydrogens (tertiary/aromatic N) is 3. The van der Waals surface area contributed by atoms with E-state index in [4.69, 9.17) is 5.73 Å². The highest BCUT2D eigenvalue weighted by Crippen LogP contribution is 2.24. The Balaban J connectivity index is 1.81. The summed E-state index contributed by atoms with van der Waals surface area (Å²) in [5, 5.41) is 3.29. The summed E-state index contributed by atoms with van der Waals surface area (Å²) in [5.41, 5.74) is 6.44. The van der Waals surface area contributed by atoms with Gasteiger partial charge in [0.15, 0.2) is 0 Å². The van der Waals surface area contributed by atoms with Crippen molar-refractivity contribution in [2.45, 2.75) is 19.8 Å². The van der Waals surface area contributed by atoms with E-state index in [1.165, 1.54) is 0 Å². The van der Waals surface area contributed by atoms with Gasteiger partial charge >= 0.3 is 0 Å². The second kappa shape index (κ2) is 6.64. The molecule has 3 rings (SSSR count). The van der Waals surface area contributed by atoms with Crippen molar-refractivity contribution in [3.8, 4) is 0 Å². The molecule has 1 aromatic carbocycles. The molecule has 1 unspecified atom stereocenters. The van der Waals surface area contributed by atoms with Crippen LogP contribution in [0.25, 0.3) is 0 Å². The third kappa shape index (κ3) is 3.77. The van der Waals surface area contributed by atoms with Gasteiger partial charge < -0.3 is 16.0 Å². The lowest BCUT2D eigenvalue weighted by Gasteiger charge is -2.32. The molecule has 1 atom stereocenters. The van der Waals surface area contributed by atoms with Gasteiger partial charge in [0.05, 0.1) is 5.92 Å². The van der Waals surface area contributed by atoms with Gasteiger partial charge in [-0.05, 0) is 31.9 Å². The third-order valence-electron chi connectivity index (χ3n) is 4.02. The van der Waals surface area contributed by atoms with Crippen molar-refractivity contribution < 1.29 is 4.79 Å². The van der Waals surface area contributed by atoms with Crippen LogP contribution in [0.1, 0.15) is 18.7 Å². The standard InChI is InChI=1S/C17H21N5O/c1-12-19-15(21-14-7-3-2-4-8-14)10-16(20-12)22-9-5-6-13(11-22)17(18)23/h2-4,7-8,10,13H,5-6,9,11H2,1H3,(H2,18,23)(H,19,20,21). The van der Waals surface area contributed by atoms with E-state index in [-0.39, 0.29) is 11.8 Å². The summed E-state index contributed by atoms with van der Waals surface area (Å²) in [4.78, 5) is 22.5. The maximum absolute atomic E-state index is 11.5. The second-order valence-electron chi connectivity index (χ2n) is 5.84. The van der Waals surface area contributed by atoms with Gasteiger partial charge in [-0.1, -0.05) is 18.2 Å². The molecule has 0 radical (unpaired) electrons. The molecule has 1 amide bonds. The van der Waals surface area contributed by atoms with E-state index >= 15 is 0 Å². The number of hydrogen-bond donors (Lipinski definition) is 2. The van der Waals surface area contributed by atoms with Crippen LogP contribution in [-0.4, -0.2) is 29.0 Å². The number of anilines is 3. The number of amides is 1. The summed E-state index contributed by atoms with van der Waals surface area (Å²) >= 11 is 0. The first kappa shape index (κ1) is 15.3. The topological polar surface area (TPSA) is 84.1 Å². The molecule has 23 heavy (non-hydrogen) atoms. The Bertz CT molecular complexity index is 689. The molecule has 2 aromatic rings. The molecule has 2 heterocycles. The molecule has 1 saturated heterocycles. The van der Waals surface area contributed by atoms with Gasteiger partial charge in [0.2, 0.25) is 5.91 Å². The zero-order chi connectivity index (χ0) is 16.2. The van der Waals surface area contributed by atoms with Crippen molar-refractivity contribution in [3.05, 3.63) is 42.2 Å². The maximum atomic E-state index is 11.5. The minimum absolute atomic E-state index is 0.107. The summed E-state index contributed by atoms with van der Waals surface area (Å²) in [7, 11) is 0. The van der Waals surface area contributed by atoms with Crippen LogP contribution in [0, 0.1) is 12.8 Å². The van der Waals surface area contributed by atoms with Gasteiger partial charge in [-0.2, -0.15) is 0 Å². The summed E-state index contributed by atoms with van der Waals surface area (Å²) in [5.74, 6) is 1.94. The second-order valence-corrected chi connectivity index (χ2v) is 5.84. The number of nitrogens with two attached hydrogens (primary N) is 1. The molecule has 1 aromatic heterocycles. The Morgan fingerprint density at radius 3 is 2.83 bits per heavy atom. The summed E-state index contributed by atoms with van der Waals surface area (Å²) in [6.07, 6.45) is 1.79. The fraction of sp³-hybridized carbons (Fsp3) is 0.353. The van der Waals surface area contributed by atoms with Crippen LogP contribution in [0.15, 0.2) is 36.4 Å². The molecule has 3 N–H and O–H groups in total. The lowest BCUT2D eigenvalue weighted by Crippen LogP contribution is -2.41. The molecule has 1 aliphatic heterocycles. The predicted octanol–water partition coefficient (Wildman–Crippen LogP) is 2.23. The van der Waals surface area contributed by atoms with E-state index in [0.29, 0.717) is 12.4 Å². The molecule has 0 saturated carbocycles. The Labute approximate surface area is 135 Å². The van der Waals surface area contributed by atoms with Crippen molar-refractivity contribution in [2.75, 3.05) is 23.3 Å². The number of carbonyl (C=O) groups is 1. The van der Waals surface area contributed by atoms with E-state index in [2.05, 4.69) is 20.2 Å². The molecule has 6 heteroatoms. The molecule has 120 valence electrons. The molecular weight excluding hydrogens is 290 g/mol. The Morgan fingerprint density at radius 1 is 1.30 bits per heavy atom. The molecule has 1 fully saturated rings. The highest BCUT2D eigenvalue weighted by molar-refractivity contribution is 5.77. The summed E-state index contributed by atoms with van der Waals surface area (Å²) in [6, 6.07) is 11.8. The van der Waals surface area contributed by atoms with Crippen molar-refractivity contribution >= 4 is 23.2 Å². The molecule has 0 bridgehead atoms. The van der Waals surface area contributed by atoms with Crippen LogP contribution >= 0.6 is 0 Å². The van der Waals surface area contributed by atoms with Crippen LogP contribution in [0.3, 0.4) is 0 Å². The number of para-hydroxylation sites is 1. The Kier molecular flexibility index (Phi) is 4.41. The van der Waals surface area contributed by atoms with Crippen LogP contribution < -0.4 is 16.0 Å². The van der Waals surface area contributed by atoms with Gasteiger partial charge in [-0.25, -0.2) is 9.97 Å². The minimum atomic E-state index is -0.233. The number of nitrogens with one attached hydrogen (secondary N) is 1. The Morgan fingerprint density at radius 2 is 2.09 bits per heavy atom. The smallest absolute Gasteiger partial charge is 0.222 e. The van der Waals surface area contributed by atoms with E-state index in [9.17, 15) is 4.79 Å². The fourth-order valence-corrected chi connectivity index (χ4v) is 2.86. The van der Waals surface area contributed by atoms with Crippen LogP contribution in [0.4, 0.5) is 17.3 Å². The first-order valence-electron chi connectivity index (χ1n) is 7.84. The number of rotatable bonds is 4. The number of piperidine rings is 1. The van der Waals surface area contributed by atoms with Gasteiger partial charge in [0, 0.05) is 24.8 Å². The number of primary amides is 1. The van der Waals surface area contributed by atoms with Crippen molar-refractivity contribution in [2.24, 2.45) is 11.7 Å². The van der Waals surface area contributed by atoms with Crippen LogP contribution in [0.5, 0.6) is 0 Å². The molecular formula is C17H21N5O. The van der Waals surface area contributed by atoms with Gasteiger partial charge in [0.1, 0.15) is 17.5 Å². The highest BCUT2D eigenvalue weighted by Gasteiger charge is 2.25. The average Bonchev–Trinajstić information content (AvgIpc) is 2.55. The number of benzene rings is 1. The molecule has 0 spiro atoms. The summed E-state index contributed by atoms with van der Waals surface area (Å²) < 4.78 is 0. The summed E-state index contributed by atoms with van der Waals surface area (Å²) in [6.45, 7) is 3.37. The lowest BCUT2D eigenvalue weighted by molar-refractivity contribution is -0.122. The Hall–Kier alpha value is -2.63. The van der Waals surface area contributed by atoms with E-state index in [1.54, 1.807) is 0 Å². The average molecular weight is 311 g/mol. The van der Waals surface area contributed by atoms with E-state index in [0.717, 1.165) is 36.7 Å². The van der Waals surface area contributed by atoms with Gasteiger partial charge in [-0.3, -0.25) is 4.79 Å². The van der Waals surface area contributed by atoms with Crippen molar-refractivity contribution in [3.63, 3.8) is 0 Å². The number of hydrogen-bond acceptors (Lipinski definition) is 5. The normalized spacial score (nSPS) is 17.8. The predicted molar refractivity (Wildman–Crippen MR) is 90.6 cm³/mol. The number of aryl methyl sites for hydroxylation is 1. The van der Waals surface area contributed by atoms with Crippen LogP contribution in [-0.2, 0) is 4.79 Å². The maximum Gasteiger partial charge on any atom is 0.222 e. The monoisotopic (exact) mass is 311 g/mol. The zero-order valence-corrected chi connectivity index (χ0v) is 13.2. The van der Waals surface area contributed by atoms with E-state index < -0.39 is 0 Å². The third-order valence-corrected chi connectivity index (χ3v) is 4.02. The van der Waals surface area contributed by atoms with Gasteiger partial charge in [0.25, 0.3) is 0 Å². The minimum Gasteiger partial charge on any atom is -0.369 e. The molecule has 0 aliphatic carbocycles. The van der Waals surface area contributed by atoms with Crippen LogP contribution in [0.2, 0.25) is 0 Å². The molecule has 1 aliphatic rings. The van der Waals surface area contributed by atoms with Gasteiger partial charge in [-0.15, -0.1) is 0 Å². The van der Waals surface area contributed by atoms with Crippen molar-refractivity contribution in [1.29, 1.82) is 0 Å².